The highest BCUT2D eigenvalue weighted by Crippen LogP contribution is 2.37. The summed E-state index contributed by atoms with van der Waals surface area (Å²) in [6.07, 6.45) is 2.58. The maximum absolute atomic E-state index is 5.92. The zero-order valence-electron chi connectivity index (χ0n) is 12.2. The summed E-state index contributed by atoms with van der Waals surface area (Å²) in [6, 6.07) is 3.71. The highest BCUT2D eigenvalue weighted by molar-refractivity contribution is 9.10. The molecule has 116 valence electrons. The predicted octanol–water partition coefficient (Wildman–Crippen LogP) is 2.96. The molecule has 0 aliphatic carbocycles. The standard InChI is InChI=1S/C15H21BrN2O2S/c1-2-19-13-10-11(15(17)21)9-12(16)14(13)20-8-7-18-5-3-4-6-18/h9-10H,2-8H2,1H3,(H2,17,21). The Morgan fingerprint density at radius 3 is 2.67 bits per heavy atom. The predicted molar refractivity (Wildman–Crippen MR) is 92.4 cm³/mol. The van der Waals surface area contributed by atoms with Crippen LogP contribution in [0.15, 0.2) is 16.6 Å². The molecule has 1 aromatic carbocycles. The zero-order chi connectivity index (χ0) is 15.2. The van der Waals surface area contributed by atoms with E-state index in [0.29, 0.717) is 24.0 Å². The zero-order valence-corrected chi connectivity index (χ0v) is 14.6. The molecule has 1 heterocycles. The summed E-state index contributed by atoms with van der Waals surface area (Å²) >= 11 is 8.54. The van der Waals surface area contributed by atoms with E-state index in [2.05, 4.69) is 20.8 Å². The first kappa shape index (κ1) is 16.5. The van der Waals surface area contributed by atoms with Crippen LogP contribution in [0.2, 0.25) is 0 Å². The van der Waals surface area contributed by atoms with Gasteiger partial charge >= 0.3 is 0 Å². The Morgan fingerprint density at radius 1 is 1.33 bits per heavy atom. The molecule has 21 heavy (non-hydrogen) atoms. The molecular formula is C15H21BrN2O2S. The van der Waals surface area contributed by atoms with Crippen LogP contribution >= 0.6 is 28.1 Å². The van der Waals surface area contributed by atoms with Gasteiger partial charge in [0.2, 0.25) is 0 Å². The van der Waals surface area contributed by atoms with Crippen molar-refractivity contribution in [3.05, 3.63) is 22.2 Å². The molecule has 0 aromatic heterocycles. The van der Waals surface area contributed by atoms with Crippen molar-refractivity contribution >= 4 is 33.1 Å². The molecule has 2 N–H and O–H groups in total. The largest absolute Gasteiger partial charge is 0.490 e. The quantitative estimate of drug-likeness (QED) is 0.745. The first-order chi connectivity index (χ1) is 10.1. The van der Waals surface area contributed by atoms with Crippen molar-refractivity contribution in [2.75, 3.05) is 32.8 Å². The number of nitrogens with zero attached hydrogens (tertiary/aromatic N) is 1. The number of benzene rings is 1. The van der Waals surface area contributed by atoms with E-state index in [-0.39, 0.29) is 0 Å². The van der Waals surface area contributed by atoms with Crippen LogP contribution in [-0.2, 0) is 0 Å². The number of thiocarbonyl (C=S) groups is 1. The number of likely N-dealkylation sites (tertiary alicyclic amines) is 1. The summed E-state index contributed by atoms with van der Waals surface area (Å²) in [5, 5.41) is 0. The molecule has 0 atom stereocenters. The van der Waals surface area contributed by atoms with Gasteiger partial charge in [-0.15, -0.1) is 0 Å². The summed E-state index contributed by atoms with van der Waals surface area (Å²) in [7, 11) is 0. The lowest BCUT2D eigenvalue weighted by molar-refractivity contribution is 0.225. The van der Waals surface area contributed by atoms with E-state index < -0.39 is 0 Å². The van der Waals surface area contributed by atoms with Crippen LogP contribution in [0.4, 0.5) is 0 Å². The fraction of sp³-hybridized carbons (Fsp3) is 0.533. The summed E-state index contributed by atoms with van der Waals surface area (Å²) in [6.45, 7) is 6.43. The van der Waals surface area contributed by atoms with Crippen molar-refractivity contribution in [2.24, 2.45) is 5.73 Å². The summed E-state index contributed by atoms with van der Waals surface area (Å²) < 4.78 is 12.4. The Bertz CT molecular complexity index is 505. The van der Waals surface area contributed by atoms with Gasteiger partial charge in [-0.2, -0.15) is 0 Å². The summed E-state index contributed by atoms with van der Waals surface area (Å²) in [5.74, 6) is 1.40. The van der Waals surface area contributed by atoms with E-state index in [9.17, 15) is 0 Å². The minimum Gasteiger partial charge on any atom is -0.490 e. The molecular weight excluding hydrogens is 352 g/mol. The van der Waals surface area contributed by atoms with Gasteiger partial charge in [0.1, 0.15) is 11.6 Å². The monoisotopic (exact) mass is 372 g/mol. The summed E-state index contributed by atoms with van der Waals surface area (Å²) in [4.78, 5) is 2.76. The van der Waals surface area contributed by atoms with E-state index in [0.717, 1.165) is 22.3 Å². The number of hydrogen-bond donors (Lipinski definition) is 1. The Hall–Kier alpha value is -0.850. The number of nitrogens with two attached hydrogens (primary N) is 1. The van der Waals surface area contributed by atoms with E-state index in [1.54, 1.807) is 0 Å². The Balaban J connectivity index is 2.06. The third kappa shape index (κ3) is 4.56. The SMILES string of the molecule is CCOc1cc(C(N)=S)cc(Br)c1OCCN1CCCC1. The van der Waals surface area contributed by atoms with Crippen LogP contribution < -0.4 is 15.2 Å². The van der Waals surface area contributed by atoms with Crippen molar-refractivity contribution in [1.29, 1.82) is 0 Å². The molecule has 2 rings (SSSR count). The van der Waals surface area contributed by atoms with E-state index in [1.165, 1.54) is 25.9 Å². The lowest BCUT2D eigenvalue weighted by atomic mass is 10.2. The number of hydrogen-bond acceptors (Lipinski definition) is 4. The molecule has 4 nitrogen and oxygen atoms in total. The Kier molecular flexibility index (Phi) is 6.26. The second-order valence-electron chi connectivity index (χ2n) is 4.98. The average molecular weight is 373 g/mol. The van der Waals surface area contributed by atoms with Gasteiger partial charge in [0.05, 0.1) is 11.1 Å². The molecule has 1 saturated heterocycles. The Morgan fingerprint density at radius 2 is 2.05 bits per heavy atom. The minimum absolute atomic E-state index is 0.347. The third-order valence-electron chi connectivity index (χ3n) is 3.45. The van der Waals surface area contributed by atoms with Crippen molar-refractivity contribution in [3.8, 4) is 11.5 Å². The van der Waals surface area contributed by atoms with Crippen LogP contribution in [0, 0.1) is 0 Å². The van der Waals surface area contributed by atoms with Crippen LogP contribution in [0.25, 0.3) is 0 Å². The van der Waals surface area contributed by atoms with Gasteiger partial charge in [-0.25, -0.2) is 0 Å². The van der Waals surface area contributed by atoms with Gasteiger partial charge in [0.15, 0.2) is 11.5 Å². The second kappa shape index (κ2) is 7.96. The molecule has 0 radical (unpaired) electrons. The molecule has 1 aliphatic rings. The number of halogens is 1. The molecule has 0 bridgehead atoms. The molecule has 6 heteroatoms. The van der Waals surface area contributed by atoms with Gasteiger partial charge in [-0.05, 0) is 60.9 Å². The first-order valence-corrected chi connectivity index (χ1v) is 8.43. The molecule has 1 aromatic rings. The van der Waals surface area contributed by atoms with Gasteiger partial charge in [-0.3, -0.25) is 4.90 Å². The molecule has 0 amide bonds. The van der Waals surface area contributed by atoms with Crippen LogP contribution in [0.1, 0.15) is 25.3 Å². The highest BCUT2D eigenvalue weighted by Gasteiger charge is 2.15. The third-order valence-corrected chi connectivity index (χ3v) is 4.27. The van der Waals surface area contributed by atoms with Gasteiger partial charge in [0.25, 0.3) is 0 Å². The lowest BCUT2D eigenvalue weighted by Gasteiger charge is -2.18. The maximum Gasteiger partial charge on any atom is 0.175 e. The van der Waals surface area contributed by atoms with Crippen LogP contribution in [0.5, 0.6) is 11.5 Å². The lowest BCUT2D eigenvalue weighted by Crippen LogP contribution is -2.25. The first-order valence-electron chi connectivity index (χ1n) is 7.23. The average Bonchev–Trinajstić information content (AvgIpc) is 2.94. The molecule has 0 spiro atoms. The second-order valence-corrected chi connectivity index (χ2v) is 6.27. The molecule has 0 saturated carbocycles. The Labute approximate surface area is 139 Å². The fourth-order valence-electron chi connectivity index (χ4n) is 2.40. The normalized spacial score (nSPS) is 15.1. The number of ether oxygens (including phenoxy) is 2. The van der Waals surface area contributed by atoms with E-state index in [1.807, 2.05) is 19.1 Å². The van der Waals surface area contributed by atoms with Gasteiger partial charge in [0, 0.05) is 12.1 Å². The van der Waals surface area contributed by atoms with E-state index >= 15 is 0 Å². The van der Waals surface area contributed by atoms with Crippen molar-refractivity contribution in [3.63, 3.8) is 0 Å². The topological polar surface area (TPSA) is 47.7 Å². The van der Waals surface area contributed by atoms with E-state index in [4.69, 9.17) is 27.4 Å². The summed E-state index contributed by atoms with van der Waals surface area (Å²) in [5.41, 5.74) is 6.46. The smallest absolute Gasteiger partial charge is 0.175 e. The highest BCUT2D eigenvalue weighted by atomic mass is 79.9. The van der Waals surface area contributed by atoms with Crippen molar-refractivity contribution in [2.45, 2.75) is 19.8 Å². The maximum atomic E-state index is 5.92. The van der Waals surface area contributed by atoms with Crippen LogP contribution in [-0.4, -0.2) is 42.7 Å². The fourth-order valence-corrected chi connectivity index (χ4v) is 3.07. The van der Waals surface area contributed by atoms with Crippen LogP contribution in [0.3, 0.4) is 0 Å². The van der Waals surface area contributed by atoms with Crippen molar-refractivity contribution in [1.82, 2.24) is 4.90 Å². The number of rotatable bonds is 7. The minimum atomic E-state index is 0.347. The molecule has 1 aliphatic heterocycles. The molecule has 1 fully saturated rings. The van der Waals surface area contributed by atoms with Crippen molar-refractivity contribution < 1.29 is 9.47 Å². The molecule has 0 unspecified atom stereocenters. The van der Waals surface area contributed by atoms with Gasteiger partial charge in [-0.1, -0.05) is 12.2 Å². The van der Waals surface area contributed by atoms with Gasteiger partial charge < -0.3 is 15.2 Å².